The molecule has 8 heteroatoms. The summed E-state index contributed by atoms with van der Waals surface area (Å²) in [6.45, 7) is 8.39. The number of carboxylic acid groups (broad SMARTS) is 1. The Bertz CT molecular complexity index is 1120. The molecule has 0 aliphatic heterocycles. The van der Waals surface area contributed by atoms with Gasteiger partial charge in [-0.15, -0.1) is 0 Å². The predicted octanol–water partition coefficient (Wildman–Crippen LogP) is 5.06. The van der Waals surface area contributed by atoms with Gasteiger partial charge in [-0.2, -0.15) is 4.98 Å². The van der Waals surface area contributed by atoms with E-state index in [4.69, 9.17) is 9.63 Å². The Labute approximate surface area is 206 Å². The molecule has 0 saturated carbocycles. The van der Waals surface area contributed by atoms with E-state index in [9.17, 15) is 9.59 Å². The van der Waals surface area contributed by atoms with Crippen molar-refractivity contribution in [1.82, 2.24) is 15.5 Å². The van der Waals surface area contributed by atoms with Crippen molar-refractivity contribution in [2.45, 2.75) is 64.8 Å². The molecule has 1 aromatic heterocycles. The SMILES string of the molecule is CCCC(Cc1ccc(-c2noc(C(C)(C)C)n2)cc1)Nc1ccc(C(=O)NCCC(=O)O)cc1. The lowest BCUT2D eigenvalue weighted by atomic mass is 9.97. The molecule has 1 heterocycles. The number of hydrogen-bond acceptors (Lipinski definition) is 6. The molecular formula is C27H34N4O4. The van der Waals surface area contributed by atoms with Crippen LogP contribution in [0.4, 0.5) is 5.69 Å². The highest BCUT2D eigenvalue weighted by Gasteiger charge is 2.22. The summed E-state index contributed by atoms with van der Waals surface area (Å²) < 4.78 is 5.41. The van der Waals surface area contributed by atoms with Gasteiger partial charge in [-0.3, -0.25) is 9.59 Å². The molecule has 35 heavy (non-hydrogen) atoms. The molecule has 0 fully saturated rings. The first-order valence-corrected chi connectivity index (χ1v) is 12.0. The van der Waals surface area contributed by atoms with Gasteiger partial charge in [-0.05, 0) is 42.7 Å². The molecule has 1 amide bonds. The molecule has 3 N–H and O–H groups in total. The number of rotatable bonds is 11. The smallest absolute Gasteiger partial charge is 0.305 e. The maximum atomic E-state index is 12.1. The molecular weight excluding hydrogens is 444 g/mol. The van der Waals surface area contributed by atoms with Gasteiger partial charge in [-0.25, -0.2) is 0 Å². The Balaban J connectivity index is 1.60. The van der Waals surface area contributed by atoms with Crippen molar-refractivity contribution >= 4 is 17.6 Å². The van der Waals surface area contributed by atoms with Crippen molar-refractivity contribution in [3.8, 4) is 11.4 Å². The van der Waals surface area contributed by atoms with E-state index in [1.807, 2.05) is 45.0 Å². The van der Waals surface area contributed by atoms with Gasteiger partial charge in [-0.1, -0.05) is 63.5 Å². The van der Waals surface area contributed by atoms with E-state index in [0.29, 0.717) is 17.3 Å². The molecule has 0 radical (unpaired) electrons. The number of carbonyl (C=O) groups excluding carboxylic acids is 1. The van der Waals surface area contributed by atoms with Crippen molar-refractivity contribution in [3.63, 3.8) is 0 Å². The van der Waals surface area contributed by atoms with Crippen molar-refractivity contribution in [1.29, 1.82) is 0 Å². The summed E-state index contributed by atoms with van der Waals surface area (Å²) in [6.07, 6.45) is 2.79. The number of anilines is 1. The normalized spacial score (nSPS) is 12.2. The van der Waals surface area contributed by atoms with Gasteiger partial charge < -0.3 is 20.3 Å². The lowest BCUT2D eigenvalue weighted by Crippen LogP contribution is -2.26. The lowest BCUT2D eigenvalue weighted by Gasteiger charge is -2.20. The maximum Gasteiger partial charge on any atom is 0.305 e. The van der Waals surface area contributed by atoms with E-state index in [1.165, 1.54) is 5.56 Å². The number of carboxylic acids is 1. The molecule has 3 aromatic rings. The van der Waals surface area contributed by atoms with Crippen LogP contribution in [0.2, 0.25) is 0 Å². The van der Waals surface area contributed by atoms with Gasteiger partial charge in [0.2, 0.25) is 11.7 Å². The van der Waals surface area contributed by atoms with Gasteiger partial charge in [0, 0.05) is 34.8 Å². The third kappa shape index (κ3) is 7.67. The molecule has 0 spiro atoms. The summed E-state index contributed by atoms with van der Waals surface area (Å²) in [5.41, 5.74) is 3.37. The zero-order chi connectivity index (χ0) is 25.4. The Kier molecular flexibility index (Phi) is 8.63. The summed E-state index contributed by atoms with van der Waals surface area (Å²) in [7, 11) is 0. The van der Waals surface area contributed by atoms with E-state index in [1.54, 1.807) is 12.1 Å². The Morgan fingerprint density at radius 1 is 1.06 bits per heavy atom. The highest BCUT2D eigenvalue weighted by molar-refractivity contribution is 5.94. The molecule has 2 aromatic carbocycles. The zero-order valence-corrected chi connectivity index (χ0v) is 20.8. The summed E-state index contributed by atoms with van der Waals surface area (Å²) in [6, 6.07) is 15.7. The van der Waals surface area contributed by atoms with Gasteiger partial charge in [0.1, 0.15) is 0 Å². The van der Waals surface area contributed by atoms with Crippen LogP contribution in [0.5, 0.6) is 0 Å². The largest absolute Gasteiger partial charge is 0.481 e. The standard InChI is InChI=1S/C27H34N4O4/c1-5-6-22(29-21-13-11-20(12-14-21)25(34)28-16-15-23(32)33)17-18-7-9-19(10-8-18)24-30-26(35-31-24)27(2,3)4/h7-14,22,29H,5-6,15-17H2,1-4H3,(H,28,34)(H,32,33). The highest BCUT2D eigenvalue weighted by Crippen LogP contribution is 2.24. The number of nitrogens with zero attached hydrogens (tertiary/aromatic N) is 2. The average molecular weight is 479 g/mol. The number of amides is 1. The highest BCUT2D eigenvalue weighted by atomic mass is 16.5. The van der Waals surface area contributed by atoms with Crippen LogP contribution in [0.15, 0.2) is 53.1 Å². The second-order valence-corrected chi connectivity index (χ2v) is 9.68. The Morgan fingerprint density at radius 2 is 1.74 bits per heavy atom. The molecule has 186 valence electrons. The van der Waals surface area contributed by atoms with Crippen LogP contribution in [0.1, 0.15) is 68.8 Å². The minimum absolute atomic E-state index is 0.0991. The fraction of sp³-hybridized carbons (Fsp3) is 0.407. The molecule has 0 bridgehead atoms. The van der Waals surface area contributed by atoms with Gasteiger partial charge in [0.25, 0.3) is 5.91 Å². The second kappa shape index (κ2) is 11.6. The second-order valence-electron chi connectivity index (χ2n) is 9.68. The van der Waals surface area contributed by atoms with Crippen molar-refractivity contribution in [2.24, 2.45) is 0 Å². The first-order chi connectivity index (χ1) is 16.7. The number of carbonyl (C=O) groups is 2. The van der Waals surface area contributed by atoms with Crippen molar-refractivity contribution in [3.05, 3.63) is 65.5 Å². The third-order valence-corrected chi connectivity index (χ3v) is 5.54. The average Bonchev–Trinajstić information content (AvgIpc) is 3.31. The van der Waals surface area contributed by atoms with Crippen molar-refractivity contribution in [2.75, 3.05) is 11.9 Å². The molecule has 3 rings (SSSR count). The first-order valence-electron chi connectivity index (χ1n) is 12.0. The van der Waals surface area contributed by atoms with E-state index < -0.39 is 5.97 Å². The lowest BCUT2D eigenvalue weighted by molar-refractivity contribution is -0.136. The first kappa shape index (κ1) is 25.9. The van der Waals surface area contributed by atoms with Crippen LogP contribution in [0.25, 0.3) is 11.4 Å². The summed E-state index contributed by atoms with van der Waals surface area (Å²) in [5, 5.41) is 19.0. The van der Waals surface area contributed by atoms with Crippen LogP contribution in [-0.4, -0.2) is 39.7 Å². The predicted molar refractivity (Wildman–Crippen MR) is 135 cm³/mol. The number of aromatic nitrogens is 2. The van der Waals surface area contributed by atoms with E-state index in [0.717, 1.165) is 30.5 Å². The Hall–Kier alpha value is -3.68. The van der Waals surface area contributed by atoms with Crippen LogP contribution < -0.4 is 10.6 Å². The number of nitrogens with one attached hydrogen (secondary N) is 2. The molecule has 8 nitrogen and oxygen atoms in total. The molecule has 1 atom stereocenters. The van der Waals surface area contributed by atoms with Crippen LogP contribution in [-0.2, 0) is 16.6 Å². The van der Waals surface area contributed by atoms with E-state index in [-0.39, 0.29) is 30.3 Å². The van der Waals surface area contributed by atoms with Crippen LogP contribution in [0, 0.1) is 0 Å². The monoisotopic (exact) mass is 478 g/mol. The Morgan fingerprint density at radius 3 is 2.31 bits per heavy atom. The fourth-order valence-electron chi connectivity index (χ4n) is 3.63. The zero-order valence-electron chi connectivity index (χ0n) is 20.8. The van der Waals surface area contributed by atoms with Crippen molar-refractivity contribution < 1.29 is 19.2 Å². The topological polar surface area (TPSA) is 117 Å². The minimum atomic E-state index is -0.939. The fourth-order valence-corrected chi connectivity index (χ4v) is 3.63. The van der Waals surface area contributed by atoms with Gasteiger partial charge in [0.15, 0.2) is 0 Å². The summed E-state index contributed by atoms with van der Waals surface area (Å²) in [4.78, 5) is 27.3. The molecule has 0 aliphatic rings. The molecule has 0 saturated heterocycles. The molecule has 1 unspecified atom stereocenters. The minimum Gasteiger partial charge on any atom is -0.481 e. The summed E-state index contributed by atoms with van der Waals surface area (Å²) in [5.74, 6) is -0.00509. The summed E-state index contributed by atoms with van der Waals surface area (Å²) >= 11 is 0. The number of aliphatic carboxylic acids is 1. The number of hydrogen-bond donors (Lipinski definition) is 3. The van der Waals surface area contributed by atoms with Gasteiger partial charge in [0.05, 0.1) is 6.42 Å². The van der Waals surface area contributed by atoms with Gasteiger partial charge >= 0.3 is 5.97 Å². The quantitative estimate of drug-likeness (QED) is 0.352. The van der Waals surface area contributed by atoms with E-state index >= 15 is 0 Å². The van der Waals surface area contributed by atoms with Crippen LogP contribution >= 0.6 is 0 Å². The number of benzene rings is 2. The third-order valence-electron chi connectivity index (χ3n) is 5.54. The van der Waals surface area contributed by atoms with Crippen LogP contribution in [0.3, 0.4) is 0 Å². The van der Waals surface area contributed by atoms with E-state index in [2.05, 4.69) is 39.8 Å². The maximum absolute atomic E-state index is 12.1. The molecule has 0 aliphatic carbocycles.